The first kappa shape index (κ1) is 15.6. The molecule has 1 saturated heterocycles. The van der Waals surface area contributed by atoms with Gasteiger partial charge in [0.05, 0.1) is 5.69 Å². The lowest BCUT2D eigenvalue weighted by Gasteiger charge is -2.31. The molecular formula is C17H20N4O2. The maximum atomic E-state index is 11.0. The van der Waals surface area contributed by atoms with Gasteiger partial charge >= 0.3 is 5.97 Å². The highest BCUT2D eigenvalue weighted by atomic mass is 16.4. The molecule has 1 N–H and O–H groups in total. The van der Waals surface area contributed by atoms with E-state index in [0.717, 1.165) is 43.1 Å². The number of hydrogen-bond acceptors (Lipinski definition) is 5. The SMILES string of the molecule is Cc1nccc(C2CCN(Cc3cccc(C(=O)O)n3)CC2)n1. The third kappa shape index (κ3) is 3.90. The third-order valence-corrected chi connectivity index (χ3v) is 4.21. The lowest BCUT2D eigenvalue weighted by molar-refractivity contribution is 0.0689. The van der Waals surface area contributed by atoms with Crippen LogP contribution in [0.2, 0.25) is 0 Å². The van der Waals surface area contributed by atoms with Crippen LogP contribution in [-0.2, 0) is 6.54 Å². The molecule has 2 aromatic rings. The zero-order chi connectivity index (χ0) is 16.2. The summed E-state index contributed by atoms with van der Waals surface area (Å²) in [4.78, 5) is 26.2. The Kier molecular flexibility index (Phi) is 4.62. The topological polar surface area (TPSA) is 79.2 Å². The molecule has 0 saturated carbocycles. The summed E-state index contributed by atoms with van der Waals surface area (Å²) in [5.74, 6) is 0.315. The Morgan fingerprint density at radius 2 is 2.04 bits per heavy atom. The lowest BCUT2D eigenvalue weighted by Crippen LogP contribution is -2.33. The molecular weight excluding hydrogens is 292 g/mol. The number of carbonyl (C=O) groups is 1. The minimum Gasteiger partial charge on any atom is -0.477 e. The molecule has 3 rings (SSSR count). The quantitative estimate of drug-likeness (QED) is 0.933. The van der Waals surface area contributed by atoms with E-state index in [2.05, 4.69) is 19.9 Å². The van der Waals surface area contributed by atoms with E-state index in [4.69, 9.17) is 5.11 Å². The maximum Gasteiger partial charge on any atom is 0.354 e. The van der Waals surface area contributed by atoms with Crippen LogP contribution >= 0.6 is 0 Å². The lowest BCUT2D eigenvalue weighted by atomic mass is 9.93. The average molecular weight is 312 g/mol. The number of hydrogen-bond donors (Lipinski definition) is 1. The van der Waals surface area contributed by atoms with Gasteiger partial charge in [0.1, 0.15) is 11.5 Å². The normalized spacial score (nSPS) is 16.4. The van der Waals surface area contributed by atoms with Crippen molar-refractivity contribution in [1.29, 1.82) is 0 Å². The van der Waals surface area contributed by atoms with Crippen molar-refractivity contribution >= 4 is 5.97 Å². The Labute approximate surface area is 135 Å². The number of rotatable bonds is 4. The van der Waals surface area contributed by atoms with Gasteiger partial charge in [-0.25, -0.2) is 19.7 Å². The van der Waals surface area contributed by atoms with Gasteiger partial charge in [-0.2, -0.15) is 0 Å². The smallest absolute Gasteiger partial charge is 0.354 e. The molecule has 0 amide bonds. The fourth-order valence-electron chi connectivity index (χ4n) is 3.00. The summed E-state index contributed by atoms with van der Waals surface area (Å²) in [7, 11) is 0. The molecule has 0 spiro atoms. The molecule has 1 aliphatic rings. The standard InChI is InChI=1S/C17H20N4O2/c1-12-18-8-5-15(19-12)13-6-9-21(10-7-13)11-14-3-2-4-16(20-14)17(22)23/h2-5,8,13H,6-7,9-11H2,1H3,(H,22,23). The maximum absolute atomic E-state index is 11.0. The van der Waals surface area contributed by atoms with Gasteiger partial charge in [0.2, 0.25) is 0 Å². The summed E-state index contributed by atoms with van der Waals surface area (Å²) in [6.07, 6.45) is 3.93. The van der Waals surface area contributed by atoms with E-state index in [1.54, 1.807) is 6.07 Å². The molecule has 3 heterocycles. The van der Waals surface area contributed by atoms with Crippen molar-refractivity contribution in [3.8, 4) is 0 Å². The number of carboxylic acid groups (broad SMARTS) is 1. The Bertz CT molecular complexity index is 696. The fraction of sp³-hybridized carbons (Fsp3) is 0.412. The van der Waals surface area contributed by atoms with Crippen molar-refractivity contribution < 1.29 is 9.90 Å². The Morgan fingerprint density at radius 1 is 1.26 bits per heavy atom. The Balaban J connectivity index is 1.59. The molecule has 23 heavy (non-hydrogen) atoms. The second-order valence-electron chi connectivity index (χ2n) is 5.90. The van der Waals surface area contributed by atoms with E-state index >= 15 is 0 Å². The van der Waals surface area contributed by atoms with Gasteiger partial charge in [0.25, 0.3) is 0 Å². The number of aromatic nitrogens is 3. The summed E-state index contributed by atoms with van der Waals surface area (Å²) in [6, 6.07) is 7.16. The average Bonchev–Trinajstić information content (AvgIpc) is 2.56. The van der Waals surface area contributed by atoms with Crippen molar-refractivity contribution in [2.75, 3.05) is 13.1 Å². The molecule has 0 atom stereocenters. The van der Waals surface area contributed by atoms with Crippen LogP contribution in [0.1, 0.15) is 46.5 Å². The number of nitrogens with zero attached hydrogens (tertiary/aromatic N) is 4. The van der Waals surface area contributed by atoms with Crippen LogP contribution in [-0.4, -0.2) is 44.0 Å². The van der Waals surface area contributed by atoms with Gasteiger partial charge in [-0.3, -0.25) is 4.90 Å². The van der Waals surface area contributed by atoms with Gasteiger partial charge in [0.15, 0.2) is 0 Å². The zero-order valence-corrected chi connectivity index (χ0v) is 13.1. The van der Waals surface area contributed by atoms with Crippen molar-refractivity contribution in [3.63, 3.8) is 0 Å². The number of pyridine rings is 1. The van der Waals surface area contributed by atoms with E-state index < -0.39 is 5.97 Å². The molecule has 0 radical (unpaired) electrons. The summed E-state index contributed by atoms with van der Waals surface area (Å²) in [5.41, 5.74) is 2.04. The molecule has 0 aliphatic carbocycles. The predicted octanol–water partition coefficient (Wildman–Crippen LogP) is 2.26. The molecule has 0 bridgehead atoms. The first-order valence-electron chi connectivity index (χ1n) is 7.83. The highest BCUT2D eigenvalue weighted by Crippen LogP contribution is 2.27. The highest BCUT2D eigenvalue weighted by Gasteiger charge is 2.22. The number of likely N-dealkylation sites (tertiary alicyclic amines) is 1. The molecule has 6 nitrogen and oxygen atoms in total. The largest absolute Gasteiger partial charge is 0.477 e. The van der Waals surface area contributed by atoms with Crippen molar-refractivity contribution in [1.82, 2.24) is 19.9 Å². The first-order chi connectivity index (χ1) is 11.1. The predicted molar refractivity (Wildman–Crippen MR) is 85.2 cm³/mol. The second-order valence-corrected chi connectivity index (χ2v) is 5.90. The summed E-state index contributed by atoms with van der Waals surface area (Å²) in [5, 5.41) is 9.01. The van der Waals surface area contributed by atoms with Gasteiger partial charge < -0.3 is 5.11 Å². The summed E-state index contributed by atoms with van der Waals surface area (Å²) < 4.78 is 0. The van der Waals surface area contributed by atoms with Crippen LogP contribution in [0.5, 0.6) is 0 Å². The summed E-state index contributed by atoms with van der Waals surface area (Å²) in [6.45, 7) is 4.54. The number of aromatic carboxylic acids is 1. The number of aryl methyl sites for hydroxylation is 1. The van der Waals surface area contributed by atoms with E-state index in [9.17, 15) is 4.79 Å². The minimum absolute atomic E-state index is 0.105. The van der Waals surface area contributed by atoms with E-state index in [-0.39, 0.29) is 5.69 Å². The van der Waals surface area contributed by atoms with E-state index in [1.165, 1.54) is 6.07 Å². The number of piperidine rings is 1. The van der Waals surface area contributed by atoms with Crippen LogP contribution in [0.3, 0.4) is 0 Å². The molecule has 120 valence electrons. The van der Waals surface area contributed by atoms with Gasteiger partial charge in [0, 0.05) is 24.4 Å². The van der Waals surface area contributed by atoms with E-state index in [1.807, 2.05) is 25.3 Å². The monoisotopic (exact) mass is 312 g/mol. The van der Waals surface area contributed by atoms with Crippen molar-refractivity contribution in [2.45, 2.75) is 32.2 Å². The van der Waals surface area contributed by atoms with E-state index in [0.29, 0.717) is 12.5 Å². The molecule has 2 aromatic heterocycles. The van der Waals surface area contributed by atoms with Crippen molar-refractivity contribution in [3.05, 3.63) is 53.4 Å². The molecule has 1 fully saturated rings. The van der Waals surface area contributed by atoms with Gasteiger partial charge in [-0.1, -0.05) is 6.07 Å². The Hall–Kier alpha value is -2.34. The molecule has 0 aromatic carbocycles. The third-order valence-electron chi connectivity index (χ3n) is 4.21. The number of carboxylic acids is 1. The summed E-state index contributed by atoms with van der Waals surface area (Å²) >= 11 is 0. The first-order valence-corrected chi connectivity index (χ1v) is 7.83. The van der Waals surface area contributed by atoms with Crippen LogP contribution in [0.4, 0.5) is 0 Å². The molecule has 6 heteroatoms. The van der Waals surface area contributed by atoms with Crippen LogP contribution in [0.25, 0.3) is 0 Å². The Morgan fingerprint density at radius 3 is 2.74 bits per heavy atom. The molecule has 1 aliphatic heterocycles. The van der Waals surface area contributed by atoms with Crippen molar-refractivity contribution in [2.24, 2.45) is 0 Å². The fourth-order valence-corrected chi connectivity index (χ4v) is 3.00. The molecule has 0 unspecified atom stereocenters. The second kappa shape index (κ2) is 6.83. The van der Waals surface area contributed by atoms with Gasteiger partial charge in [-0.05, 0) is 51.1 Å². The van der Waals surface area contributed by atoms with Crippen LogP contribution < -0.4 is 0 Å². The minimum atomic E-state index is -0.982. The van der Waals surface area contributed by atoms with Gasteiger partial charge in [-0.15, -0.1) is 0 Å². The van der Waals surface area contributed by atoms with Crippen LogP contribution in [0, 0.1) is 6.92 Å². The highest BCUT2D eigenvalue weighted by molar-refractivity contribution is 5.85. The zero-order valence-electron chi connectivity index (χ0n) is 13.1. The van der Waals surface area contributed by atoms with Crippen LogP contribution in [0.15, 0.2) is 30.5 Å².